The van der Waals surface area contributed by atoms with Crippen molar-refractivity contribution in [2.24, 2.45) is 5.10 Å². The van der Waals surface area contributed by atoms with E-state index in [1.165, 1.54) is 0 Å². The Morgan fingerprint density at radius 3 is 2.21 bits per heavy atom. The molecule has 1 amide bonds. The number of hydrazone groups is 1. The molecule has 0 saturated carbocycles. The molecule has 0 unspecified atom stereocenters. The molecule has 5 heteroatoms. The van der Waals surface area contributed by atoms with Crippen LogP contribution in [0.3, 0.4) is 0 Å². The maximum absolute atomic E-state index is 12.2. The number of amides is 1. The third kappa shape index (κ3) is 5.94. The second-order valence-electron chi connectivity index (χ2n) is 6.39. The van der Waals surface area contributed by atoms with Crippen LogP contribution in [-0.2, 0) is 4.79 Å². The molecule has 0 heterocycles. The summed E-state index contributed by atoms with van der Waals surface area (Å²) in [6.45, 7) is 4.25. The van der Waals surface area contributed by atoms with Crippen LogP contribution in [0.5, 0.6) is 11.5 Å². The summed E-state index contributed by atoms with van der Waals surface area (Å²) in [4.78, 5) is 12.2. The van der Waals surface area contributed by atoms with Gasteiger partial charge in [0.2, 0.25) is 0 Å². The molecule has 0 saturated heterocycles. The average molecular weight is 388 g/mol. The summed E-state index contributed by atoms with van der Waals surface area (Å²) in [5.41, 5.74) is 5.59. The Labute approximate surface area is 171 Å². The Morgan fingerprint density at radius 1 is 0.931 bits per heavy atom. The predicted octanol–water partition coefficient (Wildman–Crippen LogP) is 4.67. The summed E-state index contributed by atoms with van der Waals surface area (Å²) in [6.07, 6.45) is 0.907. The molecular formula is C24H24N2O3. The Kier molecular flexibility index (Phi) is 7.00. The third-order valence-electron chi connectivity index (χ3n) is 4.22. The van der Waals surface area contributed by atoms with Crippen molar-refractivity contribution < 1.29 is 14.3 Å². The third-order valence-corrected chi connectivity index (χ3v) is 4.22. The van der Waals surface area contributed by atoms with Gasteiger partial charge in [-0.25, -0.2) is 5.43 Å². The maximum atomic E-state index is 12.2. The van der Waals surface area contributed by atoms with Crippen molar-refractivity contribution in [3.8, 4) is 22.6 Å². The number of hydrogen-bond donors (Lipinski definition) is 1. The van der Waals surface area contributed by atoms with Crippen LogP contribution in [0.15, 0.2) is 84.0 Å². The number of carbonyl (C=O) groups is 1. The quantitative estimate of drug-likeness (QED) is 0.451. The van der Waals surface area contributed by atoms with Gasteiger partial charge in [0, 0.05) is 0 Å². The minimum atomic E-state index is -0.671. The number of nitrogens with one attached hydrogen (secondary N) is 1. The van der Waals surface area contributed by atoms with E-state index in [1.807, 2.05) is 85.8 Å². The molecule has 5 nitrogen and oxygen atoms in total. The van der Waals surface area contributed by atoms with E-state index in [9.17, 15) is 4.79 Å². The van der Waals surface area contributed by atoms with Gasteiger partial charge in [0.1, 0.15) is 11.5 Å². The van der Waals surface area contributed by atoms with Crippen LogP contribution < -0.4 is 14.9 Å². The summed E-state index contributed by atoms with van der Waals surface area (Å²) in [5.74, 6) is 1.11. The lowest BCUT2D eigenvalue weighted by atomic mass is 10.1. The van der Waals surface area contributed by atoms with Crippen molar-refractivity contribution in [1.29, 1.82) is 0 Å². The molecule has 3 aromatic carbocycles. The second kappa shape index (κ2) is 10.1. The number of benzene rings is 3. The minimum absolute atomic E-state index is 0.320. The average Bonchev–Trinajstić information content (AvgIpc) is 2.76. The summed E-state index contributed by atoms with van der Waals surface area (Å²) < 4.78 is 11.1. The number of rotatable bonds is 8. The fraction of sp³-hybridized carbons (Fsp3) is 0.167. The molecule has 0 aliphatic carbocycles. The molecule has 0 fully saturated rings. The number of ether oxygens (including phenoxy) is 2. The van der Waals surface area contributed by atoms with Crippen LogP contribution in [-0.4, -0.2) is 24.8 Å². The first-order valence-corrected chi connectivity index (χ1v) is 9.53. The van der Waals surface area contributed by atoms with E-state index in [4.69, 9.17) is 9.47 Å². The first kappa shape index (κ1) is 20.1. The fourth-order valence-corrected chi connectivity index (χ4v) is 2.69. The van der Waals surface area contributed by atoms with Crippen LogP contribution in [0.2, 0.25) is 0 Å². The van der Waals surface area contributed by atoms with Crippen LogP contribution >= 0.6 is 0 Å². The summed E-state index contributed by atoms with van der Waals surface area (Å²) in [6, 6.07) is 25.2. The minimum Gasteiger partial charge on any atom is -0.494 e. The highest BCUT2D eigenvalue weighted by Crippen LogP contribution is 2.22. The molecule has 3 aromatic rings. The molecule has 1 N–H and O–H groups in total. The van der Waals surface area contributed by atoms with Gasteiger partial charge in [-0.05, 0) is 66.9 Å². The number of nitrogens with zero attached hydrogens (tertiary/aromatic N) is 1. The molecule has 3 rings (SSSR count). The van der Waals surface area contributed by atoms with Gasteiger partial charge < -0.3 is 9.47 Å². The van der Waals surface area contributed by atoms with E-state index in [1.54, 1.807) is 13.1 Å². The van der Waals surface area contributed by atoms with E-state index < -0.39 is 6.10 Å². The van der Waals surface area contributed by atoms with Crippen LogP contribution in [0.1, 0.15) is 19.4 Å². The second-order valence-corrected chi connectivity index (χ2v) is 6.39. The van der Waals surface area contributed by atoms with Crippen molar-refractivity contribution in [2.75, 3.05) is 6.61 Å². The van der Waals surface area contributed by atoms with Crippen LogP contribution in [0, 0.1) is 0 Å². The molecule has 0 spiro atoms. The first-order chi connectivity index (χ1) is 14.2. The fourth-order valence-electron chi connectivity index (χ4n) is 2.69. The molecule has 0 bridgehead atoms. The van der Waals surface area contributed by atoms with Crippen molar-refractivity contribution in [1.82, 2.24) is 5.43 Å². The van der Waals surface area contributed by atoms with Crippen molar-refractivity contribution in [3.05, 3.63) is 84.4 Å². The molecular weight excluding hydrogens is 364 g/mol. The Balaban J connectivity index is 1.51. The highest BCUT2D eigenvalue weighted by atomic mass is 16.5. The normalized spacial score (nSPS) is 11.8. The van der Waals surface area contributed by atoms with Crippen molar-refractivity contribution in [3.63, 3.8) is 0 Å². The molecule has 1 atom stereocenters. The van der Waals surface area contributed by atoms with Gasteiger partial charge in [0.05, 0.1) is 12.8 Å². The topological polar surface area (TPSA) is 59.9 Å². The lowest BCUT2D eigenvalue weighted by Crippen LogP contribution is -2.33. The van der Waals surface area contributed by atoms with Gasteiger partial charge in [-0.2, -0.15) is 5.10 Å². The van der Waals surface area contributed by atoms with Crippen molar-refractivity contribution in [2.45, 2.75) is 20.0 Å². The molecule has 148 valence electrons. The van der Waals surface area contributed by atoms with Crippen LogP contribution in [0.25, 0.3) is 11.1 Å². The van der Waals surface area contributed by atoms with E-state index >= 15 is 0 Å². The molecule has 0 aromatic heterocycles. The van der Waals surface area contributed by atoms with Gasteiger partial charge in [-0.3, -0.25) is 4.79 Å². The summed E-state index contributed by atoms with van der Waals surface area (Å²) in [5, 5.41) is 3.99. The molecule has 29 heavy (non-hydrogen) atoms. The SMILES string of the molecule is CCOc1ccc(/C=N\NC(=O)[C@@H](C)Oc2ccc(-c3ccccc3)cc2)cc1. The van der Waals surface area contributed by atoms with Gasteiger partial charge in [0.15, 0.2) is 6.10 Å². The van der Waals surface area contributed by atoms with Gasteiger partial charge in [0.25, 0.3) is 5.91 Å². The van der Waals surface area contributed by atoms with Crippen molar-refractivity contribution >= 4 is 12.1 Å². The van der Waals surface area contributed by atoms with E-state index in [-0.39, 0.29) is 5.91 Å². The maximum Gasteiger partial charge on any atom is 0.280 e. The smallest absolute Gasteiger partial charge is 0.280 e. The largest absolute Gasteiger partial charge is 0.494 e. The zero-order valence-corrected chi connectivity index (χ0v) is 16.5. The summed E-state index contributed by atoms with van der Waals surface area (Å²) in [7, 11) is 0. The lowest BCUT2D eigenvalue weighted by Gasteiger charge is -2.13. The monoisotopic (exact) mass is 388 g/mol. The Morgan fingerprint density at radius 2 is 1.55 bits per heavy atom. The highest BCUT2D eigenvalue weighted by Gasteiger charge is 2.13. The van der Waals surface area contributed by atoms with E-state index in [0.29, 0.717) is 12.4 Å². The van der Waals surface area contributed by atoms with E-state index in [0.717, 1.165) is 22.4 Å². The van der Waals surface area contributed by atoms with E-state index in [2.05, 4.69) is 10.5 Å². The molecule has 0 aliphatic heterocycles. The zero-order chi connectivity index (χ0) is 20.5. The van der Waals surface area contributed by atoms with Gasteiger partial charge in [-0.15, -0.1) is 0 Å². The predicted molar refractivity (Wildman–Crippen MR) is 115 cm³/mol. The Hall–Kier alpha value is -3.60. The highest BCUT2D eigenvalue weighted by molar-refractivity contribution is 5.84. The van der Waals surface area contributed by atoms with Gasteiger partial charge in [-0.1, -0.05) is 42.5 Å². The van der Waals surface area contributed by atoms with Gasteiger partial charge >= 0.3 is 0 Å². The standard InChI is InChI=1S/C24H24N2O3/c1-3-28-22-13-9-19(10-14-22)17-25-26-24(27)18(2)29-23-15-11-21(12-16-23)20-7-5-4-6-8-20/h4-18H,3H2,1-2H3,(H,26,27)/b25-17-/t18-/m1/s1. The number of hydrogen-bond acceptors (Lipinski definition) is 4. The zero-order valence-electron chi connectivity index (χ0n) is 16.5. The molecule has 0 aliphatic rings. The Bertz CT molecular complexity index is 936. The molecule has 0 radical (unpaired) electrons. The first-order valence-electron chi connectivity index (χ1n) is 9.53. The summed E-state index contributed by atoms with van der Waals surface area (Å²) >= 11 is 0. The van der Waals surface area contributed by atoms with Crippen LogP contribution in [0.4, 0.5) is 0 Å². The number of carbonyl (C=O) groups excluding carboxylic acids is 1. The lowest BCUT2D eigenvalue weighted by molar-refractivity contribution is -0.127.